The number of rotatable bonds is 4. The lowest BCUT2D eigenvalue weighted by molar-refractivity contribution is 0.308. The number of para-hydroxylation sites is 1. The molecule has 0 amide bonds. The predicted molar refractivity (Wildman–Crippen MR) is 108 cm³/mol. The van der Waals surface area contributed by atoms with E-state index in [9.17, 15) is 4.39 Å². The number of pyridine rings is 1. The molecule has 0 radical (unpaired) electrons. The molecule has 4 heteroatoms. The van der Waals surface area contributed by atoms with Crippen molar-refractivity contribution in [2.45, 2.75) is 26.9 Å². The van der Waals surface area contributed by atoms with E-state index in [-0.39, 0.29) is 5.82 Å². The lowest BCUT2D eigenvalue weighted by Gasteiger charge is -2.35. The Morgan fingerprint density at radius 2 is 1.81 bits per heavy atom. The zero-order valence-corrected chi connectivity index (χ0v) is 15.9. The molecular weight excluding hydrogens is 339 g/mol. The van der Waals surface area contributed by atoms with Gasteiger partial charge in [-0.25, -0.2) is 9.37 Å². The fraction of sp³-hybridized carbons (Fsp3) is 0.348. The van der Waals surface area contributed by atoms with Crippen LogP contribution in [0.3, 0.4) is 0 Å². The van der Waals surface area contributed by atoms with E-state index in [1.807, 2.05) is 24.3 Å². The van der Waals surface area contributed by atoms with Crippen molar-refractivity contribution in [3.05, 3.63) is 66.0 Å². The molecule has 1 saturated heterocycles. The number of aromatic nitrogens is 1. The fourth-order valence-electron chi connectivity index (χ4n) is 4.04. The Kier molecular flexibility index (Phi) is 4.97. The summed E-state index contributed by atoms with van der Waals surface area (Å²) in [5.74, 6) is 2.83. The average molecular weight is 364 g/mol. The molecule has 2 aromatic carbocycles. The summed E-state index contributed by atoms with van der Waals surface area (Å²) in [6, 6.07) is 16.7. The van der Waals surface area contributed by atoms with Crippen LogP contribution in [-0.2, 0) is 6.61 Å². The van der Waals surface area contributed by atoms with Gasteiger partial charge in [-0.3, -0.25) is 0 Å². The monoisotopic (exact) mass is 364 g/mol. The number of hydrogen-bond donors (Lipinski definition) is 0. The molecule has 0 spiro atoms. The Bertz CT molecular complexity index is 933. The molecule has 1 aliphatic rings. The van der Waals surface area contributed by atoms with Crippen molar-refractivity contribution >= 4 is 16.7 Å². The highest BCUT2D eigenvalue weighted by atomic mass is 19.1. The summed E-state index contributed by atoms with van der Waals surface area (Å²) in [5, 5.41) is 1.05. The zero-order valence-electron chi connectivity index (χ0n) is 15.9. The summed E-state index contributed by atoms with van der Waals surface area (Å²) in [4.78, 5) is 7.30. The molecule has 1 fully saturated rings. The highest BCUT2D eigenvalue weighted by molar-refractivity contribution is 5.86. The fourth-order valence-corrected chi connectivity index (χ4v) is 4.04. The minimum absolute atomic E-state index is 0.247. The first-order chi connectivity index (χ1) is 13.1. The summed E-state index contributed by atoms with van der Waals surface area (Å²) in [6.45, 7) is 7.00. The van der Waals surface area contributed by atoms with Crippen molar-refractivity contribution in [2.24, 2.45) is 11.8 Å². The van der Waals surface area contributed by atoms with E-state index >= 15 is 0 Å². The van der Waals surface area contributed by atoms with Crippen LogP contribution in [-0.4, -0.2) is 18.1 Å². The maximum atomic E-state index is 13.4. The molecular formula is C23H25FN2O. The van der Waals surface area contributed by atoms with Gasteiger partial charge in [-0.2, -0.15) is 0 Å². The van der Waals surface area contributed by atoms with Crippen molar-refractivity contribution in [1.29, 1.82) is 0 Å². The highest BCUT2D eigenvalue weighted by Crippen LogP contribution is 2.30. The molecule has 1 aliphatic heterocycles. The van der Waals surface area contributed by atoms with Crippen LogP contribution < -0.4 is 9.64 Å². The van der Waals surface area contributed by atoms with Crippen LogP contribution in [0.15, 0.2) is 54.6 Å². The minimum Gasteiger partial charge on any atom is -0.487 e. The maximum absolute atomic E-state index is 13.4. The summed E-state index contributed by atoms with van der Waals surface area (Å²) >= 11 is 0. The van der Waals surface area contributed by atoms with Gasteiger partial charge in [0, 0.05) is 18.5 Å². The zero-order chi connectivity index (χ0) is 18.8. The van der Waals surface area contributed by atoms with E-state index < -0.39 is 0 Å². The molecule has 0 bridgehead atoms. The smallest absolute Gasteiger partial charge is 0.146 e. The third-order valence-electron chi connectivity index (χ3n) is 5.14. The largest absolute Gasteiger partial charge is 0.487 e. The van der Waals surface area contributed by atoms with Crippen molar-refractivity contribution in [2.75, 3.05) is 18.0 Å². The Morgan fingerprint density at radius 3 is 2.59 bits per heavy atom. The van der Waals surface area contributed by atoms with Crippen LogP contribution in [0.2, 0.25) is 0 Å². The normalized spacial score (nSPS) is 20.0. The topological polar surface area (TPSA) is 25.4 Å². The average Bonchev–Trinajstić information content (AvgIpc) is 2.65. The Morgan fingerprint density at radius 1 is 1.04 bits per heavy atom. The van der Waals surface area contributed by atoms with Crippen LogP contribution in [0, 0.1) is 17.7 Å². The number of anilines is 1. The van der Waals surface area contributed by atoms with E-state index in [0.717, 1.165) is 41.1 Å². The van der Waals surface area contributed by atoms with Crippen LogP contribution in [0.1, 0.15) is 25.8 Å². The quantitative estimate of drug-likeness (QED) is 0.617. The van der Waals surface area contributed by atoms with Crippen molar-refractivity contribution < 1.29 is 9.13 Å². The molecule has 2 atom stereocenters. The van der Waals surface area contributed by atoms with Crippen LogP contribution in [0.25, 0.3) is 10.9 Å². The first-order valence-electron chi connectivity index (χ1n) is 9.60. The number of piperidine rings is 1. The van der Waals surface area contributed by atoms with E-state index in [2.05, 4.69) is 30.9 Å². The van der Waals surface area contributed by atoms with Crippen molar-refractivity contribution in [1.82, 2.24) is 4.98 Å². The standard InChI is InChI=1S/C23H25FN2O/c1-16-11-17(2)14-26(13-16)22-10-9-19-6-4-8-21(23(19)25-22)27-15-18-5-3-7-20(24)12-18/h3-10,12,16-17H,11,13-15H2,1-2H3. The molecule has 140 valence electrons. The van der Waals surface area contributed by atoms with Gasteiger partial charge in [0.25, 0.3) is 0 Å². The first kappa shape index (κ1) is 17.8. The van der Waals surface area contributed by atoms with Gasteiger partial charge >= 0.3 is 0 Å². The van der Waals surface area contributed by atoms with Gasteiger partial charge in [0.05, 0.1) is 0 Å². The molecule has 4 rings (SSSR count). The molecule has 0 saturated carbocycles. The Balaban J connectivity index is 1.61. The van der Waals surface area contributed by atoms with Gasteiger partial charge < -0.3 is 9.64 Å². The number of benzene rings is 2. The second kappa shape index (κ2) is 7.55. The molecule has 0 aliphatic carbocycles. The maximum Gasteiger partial charge on any atom is 0.146 e. The van der Waals surface area contributed by atoms with Crippen LogP contribution in [0.5, 0.6) is 5.75 Å². The summed E-state index contributed by atoms with van der Waals surface area (Å²) in [5.41, 5.74) is 1.67. The number of ether oxygens (including phenoxy) is 1. The third kappa shape index (κ3) is 4.05. The third-order valence-corrected chi connectivity index (χ3v) is 5.14. The summed E-state index contributed by atoms with van der Waals surface area (Å²) in [6.07, 6.45) is 1.27. The van der Waals surface area contributed by atoms with Crippen molar-refractivity contribution in [3.8, 4) is 5.75 Å². The lowest BCUT2D eigenvalue weighted by atomic mass is 9.92. The Hall–Kier alpha value is -2.62. The molecule has 2 heterocycles. The summed E-state index contributed by atoms with van der Waals surface area (Å²) < 4.78 is 19.4. The summed E-state index contributed by atoms with van der Waals surface area (Å²) in [7, 11) is 0. The predicted octanol–water partition coefficient (Wildman–Crippen LogP) is 5.44. The number of halogens is 1. The van der Waals surface area contributed by atoms with Crippen LogP contribution in [0.4, 0.5) is 10.2 Å². The van der Waals surface area contributed by atoms with Gasteiger partial charge in [0.1, 0.15) is 29.5 Å². The number of nitrogens with zero attached hydrogens (tertiary/aromatic N) is 2. The van der Waals surface area contributed by atoms with Gasteiger partial charge in [0.2, 0.25) is 0 Å². The number of fused-ring (bicyclic) bond motifs is 1. The van der Waals surface area contributed by atoms with Gasteiger partial charge in [0.15, 0.2) is 0 Å². The SMILES string of the molecule is CC1CC(C)CN(c2ccc3cccc(OCc4cccc(F)c4)c3n2)C1. The number of hydrogen-bond acceptors (Lipinski definition) is 3. The Labute approximate surface area is 159 Å². The van der Waals surface area contributed by atoms with E-state index in [0.29, 0.717) is 18.4 Å². The highest BCUT2D eigenvalue weighted by Gasteiger charge is 2.23. The molecule has 3 nitrogen and oxygen atoms in total. The molecule has 2 unspecified atom stereocenters. The molecule has 0 N–H and O–H groups in total. The lowest BCUT2D eigenvalue weighted by Crippen LogP contribution is -2.39. The van der Waals surface area contributed by atoms with E-state index in [1.165, 1.54) is 18.6 Å². The van der Waals surface area contributed by atoms with Gasteiger partial charge in [-0.1, -0.05) is 38.1 Å². The van der Waals surface area contributed by atoms with Crippen molar-refractivity contribution in [3.63, 3.8) is 0 Å². The van der Waals surface area contributed by atoms with E-state index in [1.54, 1.807) is 6.07 Å². The molecule has 3 aromatic rings. The first-order valence-corrected chi connectivity index (χ1v) is 9.60. The van der Waals surface area contributed by atoms with Crippen LogP contribution >= 0.6 is 0 Å². The molecule has 27 heavy (non-hydrogen) atoms. The molecule has 1 aromatic heterocycles. The second-order valence-electron chi connectivity index (χ2n) is 7.77. The van der Waals surface area contributed by atoms with E-state index in [4.69, 9.17) is 9.72 Å². The second-order valence-corrected chi connectivity index (χ2v) is 7.77. The van der Waals surface area contributed by atoms with Gasteiger partial charge in [-0.05, 0) is 54.2 Å². The van der Waals surface area contributed by atoms with Gasteiger partial charge in [-0.15, -0.1) is 0 Å². The minimum atomic E-state index is -0.247.